The molecule has 1 aromatic carbocycles. The van der Waals surface area contributed by atoms with E-state index < -0.39 is 5.97 Å². The molecule has 0 aliphatic heterocycles. The number of aryl methyl sites for hydroxylation is 2. The number of aromatic carboxylic acids is 1. The number of nitrogens with zero attached hydrogens (tertiary/aromatic N) is 2. The number of aromatic nitrogens is 1. The summed E-state index contributed by atoms with van der Waals surface area (Å²) >= 11 is 0. The average molecular weight is 270 g/mol. The van der Waals surface area contributed by atoms with Crippen LogP contribution in [0.5, 0.6) is 0 Å². The van der Waals surface area contributed by atoms with E-state index in [-0.39, 0.29) is 5.56 Å². The first kappa shape index (κ1) is 14.1. The number of anilines is 2. The summed E-state index contributed by atoms with van der Waals surface area (Å²) in [4.78, 5) is 17.3. The lowest BCUT2D eigenvalue weighted by Gasteiger charge is -2.19. The summed E-state index contributed by atoms with van der Waals surface area (Å²) < 4.78 is 0. The van der Waals surface area contributed by atoms with E-state index in [1.54, 1.807) is 19.1 Å². The minimum atomic E-state index is -0.948. The zero-order valence-electron chi connectivity index (χ0n) is 11.9. The highest BCUT2D eigenvalue weighted by Gasteiger charge is 2.11. The van der Waals surface area contributed by atoms with E-state index in [2.05, 4.69) is 24.0 Å². The highest BCUT2D eigenvalue weighted by molar-refractivity contribution is 5.89. The van der Waals surface area contributed by atoms with Gasteiger partial charge in [0.25, 0.3) is 0 Å². The van der Waals surface area contributed by atoms with Crippen LogP contribution in [0.4, 0.5) is 11.5 Å². The van der Waals surface area contributed by atoms with Gasteiger partial charge in [0, 0.05) is 12.7 Å². The van der Waals surface area contributed by atoms with E-state index in [4.69, 9.17) is 5.11 Å². The van der Waals surface area contributed by atoms with Crippen LogP contribution in [-0.2, 0) is 6.42 Å². The van der Waals surface area contributed by atoms with Crippen molar-refractivity contribution in [2.75, 3.05) is 11.9 Å². The van der Waals surface area contributed by atoms with Gasteiger partial charge in [-0.25, -0.2) is 9.78 Å². The van der Waals surface area contributed by atoms with Gasteiger partial charge < -0.3 is 10.0 Å². The molecule has 104 valence electrons. The van der Waals surface area contributed by atoms with Crippen molar-refractivity contribution in [1.29, 1.82) is 0 Å². The molecular weight excluding hydrogens is 252 g/mol. The number of hydrogen-bond acceptors (Lipinski definition) is 3. The molecule has 1 heterocycles. The third-order valence-corrected chi connectivity index (χ3v) is 3.38. The number of benzene rings is 1. The van der Waals surface area contributed by atoms with Crippen molar-refractivity contribution in [3.63, 3.8) is 0 Å². The largest absolute Gasteiger partial charge is 0.478 e. The minimum Gasteiger partial charge on any atom is -0.478 e. The van der Waals surface area contributed by atoms with Gasteiger partial charge in [-0.15, -0.1) is 0 Å². The van der Waals surface area contributed by atoms with E-state index in [0.29, 0.717) is 5.69 Å². The summed E-state index contributed by atoms with van der Waals surface area (Å²) in [5, 5.41) is 9.02. The molecule has 20 heavy (non-hydrogen) atoms. The van der Waals surface area contributed by atoms with Crippen molar-refractivity contribution in [3.05, 3.63) is 53.2 Å². The van der Waals surface area contributed by atoms with Crippen LogP contribution in [0.1, 0.15) is 28.5 Å². The Morgan fingerprint density at radius 3 is 2.35 bits per heavy atom. The van der Waals surface area contributed by atoms with Crippen LogP contribution in [0.2, 0.25) is 0 Å². The molecule has 0 aliphatic carbocycles. The van der Waals surface area contributed by atoms with Gasteiger partial charge in [0.15, 0.2) is 0 Å². The molecule has 0 bridgehead atoms. The van der Waals surface area contributed by atoms with Gasteiger partial charge in [0.1, 0.15) is 5.82 Å². The van der Waals surface area contributed by atoms with Gasteiger partial charge in [0.05, 0.1) is 11.3 Å². The van der Waals surface area contributed by atoms with Gasteiger partial charge in [-0.1, -0.05) is 19.1 Å². The van der Waals surface area contributed by atoms with E-state index in [1.165, 1.54) is 5.56 Å². The highest BCUT2D eigenvalue weighted by Crippen LogP contribution is 2.23. The molecule has 0 atom stereocenters. The summed E-state index contributed by atoms with van der Waals surface area (Å²) in [7, 11) is 1.92. The molecule has 0 saturated heterocycles. The van der Waals surface area contributed by atoms with E-state index >= 15 is 0 Å². The van der Waals surface area contributed by atoms with Crippen LogP contribution in [0.25, 0.3) is 0 Å². The molecule has 0 aliphatic rings. The SMILES string of the molecule is CCc1ccc(N(C)c2ccc(C(=O)O)c(C)n2)cc1. The first-order valence-corrected chi connectivity index (χ1v) is 6.56. The van der Waals surface area contributed by atoms with Crippen LogP contribution in [-0.4, -0.2) is 23.1 Å². The molecule has 0 spiro atoms. The monoisotopic (exact) mass is 270 g/mol. The standard InChI is InChI=1S/C16H18N2O2/c1-4-12-5-7-13(8-6-12)18(3)15-10-9-14(16(19)20)11(2)17-15/h5-10H,4H2,1-3H3,(H,19,20). The lowest BCUT2D eigenvalue weighted by Crippen LogP contribution is -2.13. The summed E-state index contributed by atoms with van der Waals surface area (Å²) in [5.74, 6) is -0.215. The zero-order valence-corrected chi connectivity index (χ0v) is 11.9. The second kappa shape index (κ2) is 5.74. The molecule has 0 fully saturated rings. The van der Waals surface area contributed by atoms with Crippen LogP contribution in [0.15, 0.2) is 36.4 Å². The van der Waals surface area contributed by atoms with Gasteiger partial charge in [-0.05, 0) is 43.2 Å². The molecular formula is C16H18N2O2. The first-order chi connectivity index (χ1) is 9.52. The van der Waals surface area contributed by atoms with Crippen molar-refractivity contribution in [3.8, 4) is 0 Å². The lowest BCUT2D eigenvalue weighted by atomic mass is 10.1. The van der Waals surface area contributed by atoms with Crippen LogP contribution in [0.3, 0.4) is 0 Å². The summed E-state index contributed by atoms with van der Waals surface area (Å²) in [5.41, 5.74) is 3.07. The smallest absolute Gasteiger partial charge is 0.337 e. The fourth-order valence-electron chi connectivity index (χ4n) is 2.05. The van der Waals surface area contributed by atoms with Crippen LogP contribution < -0.4 is 4.90 Å². The normalized spacial score (nSPS) is 10.3. The van der Waals surface area contributed by atoms with Gasteiger partial charge >= 0.3 is 5.97 Å². The average Bonchev–Trinajstić information content (AvgIpc) is 2.46. The summed E-state index contributed by atoms with van der Waals surface area (Å²) in [6, 6.07) is 11.6. The third kappa shape index (κ3) is 2.79. The Bertz CT molecular complexity index is 621. The van der Waals surface area contributed by atoms with E-state index in [1.807, 2.05) is 24.1 Å². The molecule has 1 aromatic heterocycles. The Morgan fingerprint density at radius 2 is 1.85 bits per heavy atom. The Hall–Kier alpha value is -2.36. The second-order valence-electron chi connectivity index (χ2n) is 4.69. The topological polar surface area (TPSA) is 53.4 Å². The highest BCUT2D eigenvalue weighted by atomic mass is 16.4. The summed E-state index contributed by atoms with van der Waals surface area (Å²) in [6.07, 6.45) is 1.01. The minimum absolute atomic E-state index is 0.239. The maximum atomic E-state index is 11.0. The van der Waals surface area contributed by atoms with E-state index in [0.717, 1.165) is 17.9 Å². The molecule has 1 N–H and O–H groups in total. The number of carboxylic acid groups (broad SMARTS) is 1. The predicted molar refractivity (Wildman–Crippen MR) is 79.8 cm³/mol. The van der Waals surface area contributed by atoms with Crippen molar-refractivity contribution in [1.82, 2.24) is 4.98 Å². The molecule has 2 aromatic rings. The first-order valence-electron chi connectivity index (χ1n) is 6.56. The fraction of sp³-hybridized carbons (Fsp3) is 0.250. The van der Waals surface area contributed by atoms with Crippen molar-refractivity contribution < 1.29 is 9.90 Å². The Labute approximate surface area is 118 Å². The van der Waals surface area contributed by atoms with Gasteiger partial charge in [-0.2, -0.15) is 0 Å². The molecule has 0 saturated carbocycles. The van der Waals surface area contributed by atoms with Crippen molar-refractivity contribution in [2.45, 2.75) is 20.3 Å². The quantitative estimate of drug-likeness (QED) is 0.925. The maximum Gasteiger partial charge on any atom is 0.337 e. The Kier molecular flexibility index (Phi) is 4.03. The lowest BCUT2D eigenvalue weighted by molar-refractivity contribution is 0.0695. The number of carboxylic acids is 1. The second-order valence-corrected chi connectivity index (χ2v) is 4.69. The molecule has 4 heteroatoms. The third-order valence-electron chi connectivity index (χ3n) is 3.38. The van der Waals surface area contributed by atoms with Gasteiger partial charge in [-0.3, -0.25) is 0 Å². The van der Waals surface area contributed by atoms with Crippen molar-refractivity contribution in [2.24, 2.45) is 0 Å². The van der Waals surface area contributed by atoms with Crippen LogP contribution >= 0.6 is 0 Å². The fourth-order valence-corrected chi connectivity index (χ4v) is 2.05. The molecule has 2 rings (SSSR count). The maximum absolute atomic E-state index is 11.0. The Balaban J connectivity index is 2.30. The van der Waals surface area contributed by atoms with Crippen LogP contribution in [0, 0.1) is 6.92 Å². The number of pyridine rings is 1. The molecule has 0 radical (unpaired) electrons. The number of rotatable bonds is 4. The molecule has 0 amide bonds. The Morgan fingerprint density at radius 1 is 1.20 bits per heavy atom. The van der Waals surface area contributed by atoms with Crippen molar-refractivity contribution >= 4 is 17.5 Å². The van der Waals surface area contributed by atoms with Gasteiger partial charge in [0.2, 0.25) is 0 Å². The summed E-state index contributed by atoms with van der Waals surface area (Å²) in [6.45, 7) is 3.83. The molecule has 0 unspecified atom stereocenters. The number of hydrogen-bond donors (Lipinski definition) is 1. The zero-order chi connectivity index (χ0) is 14.7. The predicted octanol–water partition coefficient (Wildman–Crippen LogP) is 3.42. The van der Waals surface area contributed by atoms with E-state index in [9.17, 15) is 4.79 Å². The number of carbonyl (C=O) groups is 1. The molecule has 4 nitrogen and oxygen atoms in total.